The van der Waals surface area contributed by atoms with E-state index in [1.807, 2.05) is 30.3 Å². The molecular formula is C18H19NO5S. The van der Waals surface area contributed by atoms with Gasteiger partial charge in [-0.2, -0.15) is 0 Å². The Kier molecular flexibility index (Phi) is 4.96. The Balaban J connectivity index is 1.76. The lowest BCUT2D eigenvalue weighted by atomic mass is 10.2. The number of methoxy groups -OCH3 is 2. The minimum atomic E-state index is -3.79. The van der Waals surface area contributed by atoms with E-state index in [0.717, 1.165) is 16.7 Å². The summed E-state index contributed by atoms with van der Waals surface area (Å²) >= 11 is 0. The van der Waals surface area contributed by atoms with Crippen molar-refractivity contribution in [1.82, 2.24) is 4.72 Å². The number of hydrogen-bond donors (Lipinski definition) is 1. The smallest absolute Gasteiger partial charge is 0.247 e. The molecule has 0 amide bonds. The number of fused-ring (bicyclic) bond motifs is 1. The van der Waals surface area contributed by atoms with Gasteiger partial charge in [0.2, 0.25) is 10.0 Å². The molecule has 0 saturated heterocycles. The first-order valence-corrected chi connectivity index (χ1v) is 9.21. The fourth-order valence-electron chi connectivity index (χ4n) is 2.62. The lowest BCUT2D eigenvalue weighted by Gasteiger charge is -2.13. The van der Waals surface area contributed by atoms with E-state index in [-0.39, 0.29) is 22.9 Å². The quantitative estimate of drug-likeness (QED) is 0.700. The molecule has 0 fully saturated rings. The standard InChI is InChI=1S/C18H19NO5S/c1-22-16-8-5-9-17(23-2)18(16)25(20,21)19-11-10-14-12-13-6-3-4-7-15(13)24-14/h3-9,12,19H,10-11H2,1-2H3. The molecule has 0 aliphatic heterocycles. The summed E-state index contributed by atoms with van der Waals surface area (Å²) in [5.74, 6) is 1.18. The Hall–Kier alpha value is -2.51. The van der Waals surface area contributed by atoms with E-state index in [9.17, 15) is 8.42 Å². The van der Waals surface area contributed by atoms with Crippen LogP contribution in [-0.4, -0.2) is 29.2 Å². The molecule has 1 aromatic heterocycles. The number of sulfonamides is 1. The first kappa shape index (κ1) is 17.3. The Morgan fingerprint density at radius 1 is 1.00 bits per heavy atom. The number of rotatable bonds is 7. The van der Waals surface area contributed by atoms with Crippen LogP contribution in [-0.2, 0) is 16.4 Å². The normalized spacial score (nSPS) is 11.6. The van der Waals surface area contributed by atoms with Crippen LogP contribution >= 0.6 is 0 Å². The van der Waals surface area contributed by atoms with Gasteiger partial charge in [-0.1, -0.05) is 24.3 Å². The molecule has 25 heavy (non-hydrogen) atoms. The third-order valence-electron chi connectivity index (χ3n) is 3.79. The van der Waals surface area contributed by atoms with Crippen molar-refractivity contribution >= 4 is 21.0 Å². The van der Waals surface area contributed by atoms with Crippen molar-refractivity contribution in [3.63, 3.8) is 0 Å². The maximum Gasteiger partial charge on any atom is 0.247 e. The molecule has 6 nitrogen and oxygen atoms in total. The zero-order valence-electron chi connectivity index (χ0n) is 14.0. The van der Waals surface area contributed by atoms with Crippen molar-refractivity contribution in [3.8, 4) is 11.5 Å². The summed E-state index contributed by atoms with van der Waals surface area (Å²) in [4.78, 5) is -0.00962. The monoisotopic (exact) mass is 361 g/mol. The van der Waals surface area contributed by atoms with Gasteiger partial charge in [-0.3, -0.25) is 0 Å². The van der Waals surface area contributed by atoms with Gasteiger partial charge in [-0.15, -0.1) is 0 Å². The van der Waals surface area contributed by atoms with Gasteiger partial charge in [0.25, 0.3) is 0 Å². The van der Waals surface area contributed by atoms with Gasteiger partial charge in [0, 0.05) is 18.4 Å². The van der Waals surface area contributed by atoms with Gasteiger partial charge in [0.1, 0.15) is 22.8 Å². The molecule has 0 aliphatic carbocycles. The van der Waals surface area contributed by atoms with Gasteiger partial charge in [0.15, 0.2) is 4.90 Å². The van der Waals surface area contributed by atoms with Crippen LogP contribution in [0.25, 0.3) is 11.0 Å². The summed E-state index contributed by atoms with van der Waals surface area (Å²) < 4.78 is 43.9. The topological polar surface area (TPSA) is 77.8 Å². The van der Waals surface area contributed by atoms with Crippen LogP contribution < -0.4 is 14.2 Å². The van der Waals surface area contributed by atoms with Gasteiger partial charge in [-0.25, -0.2) is 13.1 Å². The van der Waals surface area contributed by atoms with Crippen LogP contribution in [0.4, 0.5) is 0 Å². The van der Waals surface area contributed by atoms with Crippen molar-refractivity contribution in [2.24, 2.45) is 0 Å². The highest BCUT2D eigenvalue weighted by molar-refractivity contribution is 7.89. The van der Waals surface area contributed by atoms with Crippen molar-refractivity contribution in [3.05, 3.63) is 54.3 Å². The second-order valence-electron chi connectivity index (χ2n) is 5.39. The maximum atomic E-state index is 12.7. The largest absolute Gasteiger partial charge is 0.495 e. The molecule has 3 aromatic rings. The number of ether oxygens (including phenoxy) is 2. The molecular weight excluding hydrogens is 342 g/mol. The summed E-state index contributed by atoms with van der Waals surface area (Å²) in [6, 6.07) is 14.4. The molecule has 0 radical (unpaired) electrons. The van der Waals surface area contributed by atoms with Crippen molar-refractivity contribution in [2.45, 2.75) is 11.3 Å². The third-order valence-corrected chi connectivity index (χ3v) is 5.32. The summed E-state index contributed by atoms with van der Waals surface area (Å²) in [5.41, 5.74) is 0.784. The fraction of sp³-hybridized carbons (Fsp3) is 0.222. The average molecular weight is 361 g/mol. The molecule has 1 heterocycles. The number of nitrogens with one attached hydrogen (secondary N) is 1. The van der Waals surface area contributed by atoms with E-state index < -0.39 is 10.0 Å². The van der Waals surface area contributed by atoms with Crippen LogP contribution in [0.5, 0.6) is 11.5 Å². The Morgan fingerprint density at radius 3 is 2.32 bits per heavy atom. The fourth-order valence-corrected chi connectivity index (χ4v) is 3.97. The Bertz CT molecular complexity index is 923. The molecule has 7 heteroatoms. The van der Waals surface area contributed by atoms with E-state index in [2.05, 4.69) is 4.72 Å². The SMILES string of the molecule is COc1cccc(OC)c1S(=O)(=O)NCCc1cc2ccccc2o1. The summed E-state index contributed by atoms with van der Waals surface area (Å²) in [5, 5.41) is 0.992. The van der Waals surface area contributed by atoms with Gasteiger partial charge in [0.05, 0.1) is 14.2 Å². The first-order chi connectivity index (χ1) is 12.0. The van der Waals surface area contributed by atoms with Gasteiger partial charge < -0.3 is 13.9 Å². The highest BCUT2D eigenvalue weighted by Crippen LogP contribution is 2.32. The summed E-state index contributed by atoms with van der Waals surface area (Å²) in [6.45, 7) is 0.198. The van der Waals surface area contributed by atoms with Crippen LogP contribution in [0.2, 0.25) is 0 Å². The highest BCUT2D eigenvalue weighted by Gasteiger charge is 2.24. The molecule has 2 aromatic carbocycles. The van der Waals surface area contributed by atoms with Crippen LogP contribution in [0, 0.1) is 0 Å². The van der Waals surface area contributed by atoms with Crippen molar-refractivity contribution in [2.75, 3.05) is 20.8 Å². The Morgan fingerprint density at radius 2 is 1.68 bits per heavy atom. The maximum absolute atomic E-state index is 12.7. The van der Waals surface area contributed by atoms with E-state index in [4.69, 9.17) is 13.9 Å². The van der Waals surface area contributed by atoms with E-state index >= 15 is 0 Å². The summed E-state index contributed by atoms with van der Waals surface area (Å²) in [7, 11) is -0.950. The zero-order chi connectivity index (χ0) is 17.9. The zero-order valence-corrected chi connectivity index (χ0v) is 14.8. The highest BCUT2D eigenvalue weighted by atomic mass is 32.2. The third kappa shape index (κ3) is 3.62. The van der Waals surface area contributed by atoms with E-state index in [1.54, 1.807) is 18.2 Å². The van der Waals surface area contributed by atoms with Crippen LogP contribution in [0.15, 0.2) is 57.8 Å². The molecule has 0 bridgehead atoms. The predicted molar refractivity (Wildman–Crippen MR) is 94.7 cm³/mol. The van der Waals surface area contributed by atoms with Crippen LogP contribution in [0.1, 0.15) is 5.76 Å². The molecule has 132 valence electrons. The lowest BCUT2D eigenvalue weighted by Crippen LogP contribution is -2.26. The van der Waals surface area contributed by atoms with Crippen molar-refractivity contribution < 1.29 is 22.3 Å². The summed E-state index contributed by atoms with van der Waals surface area (Å²) in [6.07, 6.45) is 0.436. The van der Waals surface area contributed by atoms with E-state index in [0.29, 0.717) is 6.42 Å². The molecule has 3 rings (SSSR count). The second-order valence-corrected chi connectivity index (χ2v) is 7.09. The number of benzene rings is 2. The molecule has 0 unspecified atom stereocenters. The number of hydrogen-bond acceptors (Lipinski definition) is 5. The number of para-hydroxylation sites is 1. The number of furan rings is 1. The molecule has 1 N–H and O–H groups in total. The van der Waals surface area contributed by atoms with Gasteiger partial charge in [-0.05, 0) is 24.3 Å². The minimum absolute atomic E-state index is 0.00962. The molecule has 0 atom stereocenters. The molecule has 0 aliphatic rings. The molecule has 0 saturated carbocycles. The van der Waals surface area contributed by atoms with Gasteiger partial charge >= 0.3 is 0 Å². The predicted octanol–water partition coefficient (Wildman–Crippen LogP) is 2.97. The first-order valence-electron chi connectivity index (χ1n) is 7.73. The van der Waals surface area contributed by atoms with Crippen molar-refractivity contribution in [1.29, 1.82) is 0 Å². The minimum Gasteiger partial charge on any atom is -0.495 e. The molecule has 0 spiro atoms. The van der Waals surface area contributed by atoms with E-state index in [1.165, 1.54) is 14.2 Å². The average Bonchev–Trinajstić information content (AvgIpc) is 3.03. The van der Waals surface area contributed by atoms with Crippen LogP contribution in [0.3, 0.4) is 0 Å². The second kappa shape index (κ2) is 7.16. The lowest BCUT2D eigenvalue weighted by molar-refractivity contribution is 0.373. The Labute approximate surface area is 146 Å².